The van der Waals surface area contributed by atoms with Crippen LogP contribution in [-0.4, -0.2) is 19.7 Å². The number of anilines is 1. The molecule has 3 atom stereocenters. The van der Waals surface area contributed by atoms with Crippen molar-refractivity contribution in [3.63, 3.8) is 0 Å². The van der Waals surface area contributed by atoms with E-state index in [2.05, 4.69) is 9.71 Å². The Balaban J connectivity index is 1.42. The molecule has 2 N–H and O–H groups in total. The van der Waals surface area contributed by atoms with Gasteiger partial charge in [0.25, 0.3) is 0 Å². The molecule has 0 spiro atoms. The summed E-state index contributed by atoms with van der Waals surface area (Å²) >= 11 is 5.97. The number of nitrogens with one attached hydrogen (secondary N) is 2. The number of fused-ring (bicyclic) bond motifs is 1. The van der Waals surface area contributed by atoms with Crippen molar-refractivity contribution in [3.8, 4) is 11.1 Å². The third kappa shape index (κ3) is 4.12. The molecule has 4 nitrogen and oxygen atoms in total. The fraction of sp³-hybridized carbons (Fsp3) is 0.174. The molecule has 1 aliphatic carbocycles. The van der Waals surface area contributed by atoms with Crippen LogP contribution in [0.1, 0.15) is 29.6 Å². The average molecular weight is 476 g/mol. The number of aromatic nitrogens is 2. The van der Waals surface area contributed by atoms with Gasteiger partial charge in [-0.25, -0.2) is 9.19 Å². The fourth-order valence-electron chi connectivity index (χ4n) is 3.93. The number of nitrogens with zero attached hydrogens (tertiary/aromatic N) is 1. The molecule has 32 heavy (non-hydrogen) atoms. The summed E-state index contributed by atoms with van der Waals surface area (Å²) in [5.41, 5.74) is -0.680. The molecule has 9 heteroatoms. The Morgan fingerprint density at radius 1 is 1.03 bits per heavy atom. The van der Waals surface area contributed by atoms with E-state index in [-0.39, 0.29) is 11.6 Å². The van der Waals surface area contributed by atoms with E-state index in [0.717, 1.165) is 23.3 Å². The van der Waals surface area contributed by atoms with Gasteiger partial charge in [0.2, 0.25) is 11.0 Å². The number of hydrogen-bond donors (Lipinski definition) is 2. The summed E-state index contributed by atoms with van der Waals surface area (Å²) in [5.74, 6) is 1.56. The summed E-state index contributed by atoms with van der Waals surface area (Å²) < 4.78 is 51.9. The minimum Gasteiger partial charge on any atom is -0.342 e. The highest BCUT2D eigenvalue weighted by molar-refractivity contribution is 7.87. The molecule has 1 saturated carbocycles. The topological polar surface area (TPSA) is 57.8 Å². The van der Waals surface area contributed by atoms with Crippen molar-refractivity contribution in [2.75, 3.05) is 4.72 Å². The predicted molar refractivity (Wildman–Crippen MR) is 121 cm³/mol. The molecule has 1 aromatic heterocycles. The highest BCUT2D eigenvalue weighted by Crippen LogP contribution is 2.54. The number of imidazole rings is 1. The zero-order valence-electron chi connectivity index (χ0n) is 16.5. The molecular weight excluding hydrogens is 459 g/mol. The number of rotatable bonds is 5. The first kappa shape index (κ1) is 21.0. The Bertz CT molecular complexity index is 1320. The lowest BCUT2D eigenvalue weighted by atomic mass is 10.0. The van der Waals surface area contributed by atoms with Gasteiger partial charge in [-0.2, -0.15) is 13.2 Å². The van der Waals surface area contributed by atoms with Gasteiger partial charge in [-0.15, -0.1) is 0 Å². The van der Waals surface area contributed by atoms with Gasteiger partial charge in [-0.3, -0.25) is 4.72 Å². The van der Waals surface area contributed by atoms with Crippen LogP contribution in [-0.2, 0) is 11.0 Å². The molecule has 0 amide bonds. The summed E-state index contributed by atoms with van der Waals surface area (Å²) in [6, 6.07) is 19.8. The molecular formula is C23H17ClF3N3OS. The zero-order valence-corrected chi connectivity index (χ0v) is 18.1. The van der Waals surface area contributed by atoms with Crippen LogP contribution in [0, 0.1) is 0 Å². The van der Waals surface area contributed by atoms with E-state index in [1.165, 1.54) is 11.6 Å². The third-order valence-electron chi connectivity index (χ3n) is 5.59. The zero-order chi connectivity index (χ0) is 22.5. The Morgan fingerprint density at radius 2 is 1.78 bits per heavy atom. The van der Waals surface area contributed by atoms with Gasteiger partial charge in [0.15, 0.2) is 0 Å². The molecule has 1 aliphatic rings. The maximum absolute atomic E-state index is 12.8. The van der Waals surface area contributed by atoms with Crippen LogP contribution in [0.25, 0.3) is 22.2 Å². The van der Waals surface area contributed by atoms with Gasteiger partial charge < -0.3 is 4.98 Å². The lowest BCUT2D eigenvalue weighted by Gasteiger charge is -2.13. The molecule has 1 heterocycles. The Kier molecular flexibility index (Phi) is 5.22. The predicted octanol–water partition coefficient (Wildman–Crippen LogP) is 6.75. The monoisotopic (exact) mass is 475 g/mol. The van der Waals surface area contributed by atoms with E-state index in [9.17, 15) is 17.4 Å². The van der Waals surface area contributed by atoms with Crippen molar-refractivity contribution in [2.45, 2.75) is 23.8 Å². The molecule has 3 unspecified atom stereocenters. The van der Waals surface area contributed by atoms with Gasteiger partial charge in [0.05, 0.1) is 16.7 Å². The maximum Gasteiger partial charge on any atom is 0.490 e. The molecule has 0 aliphatic heterocycles. The standard InChI is InChI=1S/C23H17ClF3N3OS/c24-15-8-5-13(6-9-15)17-12-18(17)22-28-20-10-7-14(11-21(20)29-22)16-3-1-2-4-19(16)30-32(31)23(25,26)27/h1-11,17-18,30H,12H2,(H,28,29). The van der Waals surface area contributed by atoms with E-state index >= 15 is 0 Å². The average Bonchev–Trinajstić information content (AvgIpc) is 3.45. The first-order valence-electron chi connectivity index (χ1n) is 9.89. The van der Waals surface area contributed by atoms with Gasteiger partial charge in [0, 0.05) is 16.5 Å². The quantitative estimate of drug-likeness (QED) is 0.335. The van der Waals surface area contributed by atoms with Crippen LogP contribution in [0.3, 0.4) is 0 Å². The van der Waals surface area contributed by atoms with Gasteiger partial charge in [-0.1, -0.05) is 48.0 Å². The minimum absolute atomic E-state index is 0.146. The van der Waals surface area contributed by atoms with E-state index in [1.54, 1.807) is 24.3 Å². The van der Waals surface area contributed by atoms with Crippen LogP contribution in [0.4, 0.5) is 18.9 Å². The summed E-state index contributed by atoms with van der Waals surface area (Å²) in [5, 5.41) is 0.705. The molecule has 0 saturated heterocycles. The van der Waals surface area contributed by atoms with E-state index in [1.807, 2.05) is 36.4 Å². The smallest absolute Gasteiger partial charge is 0.342 e. The number of aromatic amines is 1. The second-order valence-electron chi connectivity index (χ2n) is 7.72. The van der Waals surface area contributed by atoms with E-state index in [0.29, 0.717) is 22.1 Å². The third-order valence-corrected chi connectivity index (χ3v) is 6.67. The lowest BCUT2D eigenvalue weighted by molar-refractivity contribution is -0.0379. The minimum atomic E-state index is -4.85. The van der Waals surface area contributed by atoms with E-state index in [4.69, 9.17) is 16.6 Å². The summed E-state index contributed by atoms with van der Waals surface area (Å²) in [4.78, 5) is 8.08. The highest BCUT2D eigenvalue weighted by atomic mass is 35.5. The molecule has 4 aromatic rings. The van der Waals surface area contributed by atoms with Gasteiger partial charge >= 0.3 is 5.51 Å². The maximum atomic E-state index is 12.8. The largest absolute Gasteiger partial charge is 0.490 e. The molecule has 3 aromatic carbocycles. The normalized spacial score (nSPS) is 19.1. The first-order valence-corrected chi connectivity index (χ1v) is 11.4. The Labute approximate surface area is 189 Å². The van der Waals surface area contributed by atoms with Crippen LogP contribution in [0.5, 0.6) is 0 Å². The molecule has 0 bridgehead atoms. The van der Waals surface area contributed by atoms with Crippen LogP contribution >= 0.6 is 11.6 Å². The van der Waals surface area contributed by atoms with Crippen molar-refractivity contribution in [2.24, 2.45) is 0 Å². The number of alkyl halides is 3. The Hall–Kier alpha value is -2.84. The summed E-state index contributed by atoms with van der Waals surface area (Å²) in [7, 11) is -3.20. The number of para-hydroxylation sites is 1. The van der Waals surface area contributed by atoms with Crippen molar-refractivity contribution in [3.05, 3.63) is 83.1 Å². The molecule has 164 valence electrons. The first-order chi connectivity index (χ1) is 15.3. The lowest BCUT2D eigenvalue weighted by Crippen LogP contribution is -2.23. The van der Waals surface area contributed by atoms with Crippen molar-refractivity contribution >= 4 is 39.3 Å². The molecule has 5 rings (SSSR count). The molecule has 0 radical (unpaired) electrons. The number of H-pyrrole nitrogens is 1. The highest BCUT2D eigenvalue weighted by Gasteiger charge is 2.41. The van der Waals surface area contributed by atoms with Crippen LogP contribution in [0.15, 0.2) is 66.7 Å². The molecule has 1 fully saturated rings. The summed E-state index contributed by atoms with van der Waals surface area (Å²) in [6.07, 6.45) is 0.990. The number of benzene rings is 3. The van der Waals surface area contributed by atoms with E-state index < -0.39 is 16.5 Å². The fourth-order valence-corrected chi connectivity index (χ4v) is 4.55. The van der Waals surface area contributed by atoms with Crippen molar-refractivity contribution in [1.82, 2.24) is 9.97 Å². The van der Waals surface area contributed by atoms with Crippen molar-refractivity contribution < 1.29 is 17.4 Å². The Morgan fingerprint density at radius 3 is 2.53 bits per heavy atom. The summed E-state index contributed by atoms with van der Waals surface area (Å²) in [6.45, 7) is 0. The second-order valence-corrected chi connectivity index (χ2v) is 9.36. The van der Waals surface area contributed by atoms with Crippen LogP contribution < -0.4 is 4.72 Å². The van der Waals surface area contributed by atoms with Gasteiger partial charge in [-0.05, 0) is 53.8 Å². The second kappa shape index (κ2) is 7.94. The number of halogens is 4. The van der Waals surface area contributed by atoms with Crippen molar-refractivity contribution in [1.29, 1.82) is 0 Å². The van der Waals surface area contributed by atoms with Gasteiger partial charge in [0.1, 0.15) is 5.82 Å². The van der Waals surface area contributed by atoms with Crippen LogP contribution in [0.2, 0.25) is 5.02 Å². The number of hydrogen-bond acceptors (Lipinski definition) is 2. The SMILES string of the molecule is O=S(Nc1ccccc1-c1ccc2nc(C3CC3c3ccc(Cl)cc3)[nH]c2c1)C(F)(F)F.